The molecule has 0 spiro atoms. The van der Waals surface area contributed by atoms with Gasteiger partial charge in [-0.05, 0) is 73.5 Å². The Labute approximate surface area is 195 Å². The summed E-state index contributed by atoms with van der Waals surface area (Å²) < 4.78 is 14.5. The van der Waals surface area contributed by atoms with E-state index in [-0.39, 0.29) is 37.5 Å². The molecule has 0 unspecified atom stereocenters. The molecule has 0 radical (unpaired) electrons. The Hall–Kier alpha value is -1.74. The lowest BCUT2D eigenvalue weighted by molar-refractivity contribution is 0.189. The van der Waals surface area contributed by atoms with Gasteiger partial charge in [0, 0.05) is 45.4 Å². The molecule has 31 heavy (non-hydrogen) atoms. The minimum atomic E-state index is -0.541. The lowest BCUT2D eigenvalue weighted by atomic mass is 9.82. The zero-order chi connectivity index (χ0) is 24.4. The highest BCUT2D eigenvalue weighted by Crippen LogP contribution is 2.38. The molecule has 0 aromatic heterocycles. The van der Waals surface area contributed by atoms with Gasteiger partial charge in [-0.1, -0.05) is 11.6 Å². The predicted octanol–water partition coefficient (Wildman–Crippen LogP) is 4.90. The Morgan fingerprint density at radius 1 is 1.23 bits per heavy atom. The van der Waals surface area contributed by atoms with Crippen LogP contribution in [0.2, 0.25) is 5.02 Å². The van der Waals surface area contributed by atoms with E-state index in [1.54, 1.807) is 0 Å². The average Bonchev–Trinajstić information content (AvgIpc) is 2.64. The zero-order valence-corrected chi connectivity index (χ0v) is 20.8. The van der Waals surface area contributed by atoms with Gasteiger partial charge in [0.15, 0.2) is 0 Å². The van der Waals surface area contributed by atoms with Crippen molar-refractivity contribution in [2.45, 2.75) is 56.9 Å². The van der Waals surface area contributed by atoms with E-state index in [0.717, 1.165) is 19.1 Å². The molecular formula is C22H36ClFN6S. The molecule has 0 saturated carbocycles. The molecule has 1 aliphatic rings. The number of nitrogens with one attached hydrogen (secondary N) is 5. The maximum absolute atomic E-state index is 14.5. The molecule has 0 bridgehead atoms. The van der Waals surface area contributed by atoms with Crippen molar-refractivity contribution in [1.82, 2.24) is 10.6 Å². The summed E-state index contributed by atoms with van der Waals surface area (Å²) in [4.78, 5) is 0. The lowest BCUT2D eigenvalue weighted by Crippen LogP contribution is -2.58. The highest BCUT2D eigenvalue weighted by molar-refractivity contribution is 8.14. The van der Waals surface area contributed by atoms with Gasteiger partial charge in [0.25, 0.3) is 0 Å². The quantitative estimate of drug-likeness (QED) is 0.277. The second-order valence-electron chi connectivity index (χ2n) is 8.45. The van der Waals surface area contributed by atoms with Crippen molar-refractivity contribution in [3.63, 3.8) is 0 Å². The number of piperidine rings is 1. The van der Waals surface area contributed by atoms with Crippen LogP contribution in [0.5, 0.6) is 0 Å². The van der Waals surface area contributed by atoms with Crippen molar-refractivity contribution < 1.29 is 4.39 Å². The van der Waals surface area contributed by atoms with Gasteiger partial charge >= 0.3 is 0 Å². The van der Waals surface area contributed by atoms with Gasteiger partial charge in [-0.3, -0.25) is 5.41 Å². The summed E-state index contributed by atoms with van der Waals surface area (Å²) in [5, 5.41) is 28.4. The standard InChI is InChI=1S/C19H26ClFN4S.C2H7N.CH3N/c1-18(2)7-12(8-19(3,4)25-18)26-17(24)14-6-16(21)13(5-15(14)20)11(9-22)10-23;1-3-2;1-2/h5-6,9-10,12,22,24-25H,7-8,23H2,1-4H3;3H,1-2H3;2H,1H2/b11-10+,22-9?,24-17?;;. The first kappa shape index (κ1) is 29.3. The fourth-order valence-corrected chi connectivity index (χ4v) is 5.64. The van der Waals surface area contributed by atoms with Crippen molar-refractivity contribution in [2.24, 2.45) is 5.73 Å². The number of halogens is 2. The first-order chi connectivity index (χ1) is 14.4. The van der Waals surface area contributed by atoms with Gasteiger partial charge in [0.1, 0.15) is 5.82 Å². The average molecular weight is 471 g/mol. The van der Waals surface area contributed by atoms with Crippen molar-refractivity contribution in [2.75, 3.05) is 14.1 Å². The van der Waals surface area contributed by atoms with Crippen molar-refractivity contribution in [3.05, 3.63) is 40.3 Å². The van der Waals surface area contributed by atoms with E-state index in [1.165, 1.54) is 30.1 Å². The number of rotatable bonds is 4. The Morgan fingerprint density at radius 3 is 2.13 bits per heavy atom. The highest BCUT2D eigenvalue weighted by Gasteiger charge is 2.38. The minimum Gasteiger partial charge on any atom is -0.404 e. The topological polar surface area (TPSA) is 122 Å². The van der Waals surface area contributed by atoms with E-state index in [0.29, 0.717) is 5.56 Å². The molecular weight excluding hydrogens is 435 g/mol. The molecule has 1 aliphatic heterocycles. The molecule has 1 heterocycles. The third-order valence-electron chi connectivity index (χ3n) is 4.38. The molecule has 0 amide bonds. The normalized spacial score (nSPS) is 17.5. The van der Waals surface area contributed by atoms with Crippen LogP contribution in [0.15, 0.2) is 18.3 Å². The lowest BCUT2D eigenvalue weighted by Gasteiger charge is -2.46. The summed E-state index contributed by atoms with van der Waals surface area (Å²) in [5.74, 6) is -0.541. The van der Waals surface area contributed by atoms with E-state index < -0.39 is 5.82 Å². The number of allylic oxidation sites excluding steroid dienone is 1. The second kappa shape index (κ2) is 13.0. The Morgan fingerprint density at radius 2 is 1.71 bits per heavy atom. The highest BCUT2D eigenvalue weighted by atomic mass is 35.5. The van der Waals surface area contributed by atoms with Crippen LogP contribution in [0.1, 0.15) is 51.7 Å². The van der Waals surface area contributed by atoms with Crippen molar-refractivity contribution >= 4 is 46.9 Å². The van der Waals surface area contributed by atoms with Crippen LogP contribution >= 0.6 is 23.4 Å². The molecule has 6 nitrogen and oxygen atoms in total. The van der Waals surface area contributed by atoms with Gasteiger partial charge in [-0.2, -0.15) is 0 Å². The maximum atomic E-state index is 14.5. The van der Waals surface area contributed by atoms with E-state index in [2.05, 4.69) is 45.0 Å². The van der Waals surface area contributed by atoms with Crippen LogP contribution in [0.4, 0.5) is 4.39 Å². The molecule has 9 heteroatoms. The van der Waals surface area contributed by atoms with E-state index in [4.69, 9.17) is 33.6 Å². The van der Waals surface area contributed by atoms with Gasteiger partial charge in [0.2, 0.25) is 0 Å². The molecule has 1 saturated heterocycles. The zero-order valence-electron chi connectivity index (χ0n) is 19.2. The Bertz CT molecular complexity index is 778. The Kier molecular flexibility index (Phi) is 12.2. The number of benzene rings is 1. The van der Waals surface area contributed by atoms with Crippen LogP contribution in [0.25, 0.3) is 5.57 Å². The Balaban J connectivity index is 0.00000165. The molecule has 174 valence electrons. The molecule has 0 atom stereocenters. The van der Waals surface area contributed by atoms with Gasteiger partial charge in [-0.25, -0.2) is 4.39 Å². The van der Waals surface area contributed by atoms with E-state index in [9.17, 15) is 4.39 Å². The molecule has 7 N–H and O–H groups in total. The SMILES string of the molecule is C=N.CC1(C)CC(SC(=N)c2cc(F)c(/C(C=N)=C/N)cc2Cl)CC(C)(C)N1.CNC. The van der Waals surface area contributed by atoms with Crippen molar-refractivity contribution in [1.29, 1.82) is 16.2 Å². The summed E-state index contributed by atoms with van der Waals surface area (Å²) in [7, 11) is 3.75. The summed E-state index contributed by atoms with van der Waals surface area (Å²) in [5.41, 5.74) is 6.16. The number of hydrogen-bond acceptors (Lipinski definition) is 7. The van der Waals surface area contributed by atoms with Gasteiger partial charge < -0.3 is 27.2 Å². The smallest absolute Gasteiger partial charge is 0.131 e. The first-order valence-corrected chi connectivity index (χ1v) is 11.1. The molecule has 1 fully saturated rings. The largest absolute Gasteiger partial charge is 0.404 e. The van der Waals surface area contributed by atoms with Gasteiger partial charge in [-0.15, -0.1) is 11.8 Å². The fraction of sp³-hybridized carbons (Fsp3) is 0.500. The van der Waals surface area contributed by atoms with E-state index >= 15 is 0 Å². The van der Waals surface area contributed by atoms with E-state index in [1.807, 2.05) is 14.1 Å². The molecule has 1 aromatic rings. The summed E-state index contributed by atoms with van der Waals surface area (Å²) in [6.45, 7) is 11.1. The number of hydrogen-bond donors (Lipinski definition) is 6. The van der Waals surface area contributed by atoms with Crippen LogP contribution in [0.3, 0.4) is 0 Å². The van der Waals surface area contributed by atoms with Crippen molar-refractivity contribution in [3.8, 4) is 0 Å². The molecule has 1 aromatic carbocycles. The molecule has 2 rings (SSSR count). The summed E-state index contributed by atoms with van der Waals surface area (Å²) in [6, 6.07) is 2.69. The van der Waals surface area contributed by atoms with Crippen LogP contribution < -0.4 is 16.4 Å². The number of thioether (sulfide) groups is 1. The minimum absolute atomic E-state index is 0.0244. The number of nitrogens with two attached hydrogens (primary N) is 1. The third-order valence-corrected chi connectivity index (χ3v) is 5.82. The molecule has 0 aliphatic carbocycles. The van der Waals surface area contributed by atoms with Crippen LogP contribution in [-0.2, 0) is 0 Å². The monoisotopic (exact) mass is 470 g/mol. The van der Waals surface area contributed by atoms with Crippen LogP contribution in [-0.4, -0.2) is 48.4 Å². The third kappa shape index (κ3) is 9.11. The predicted molar refractivity (Wildman–Crippen MR) is 136 cm³/mol. The fourth-order valence-electron chi connectivity index (χ4n) is 3.70. The second-order valence-corrected chi connectivity index (χ2v) is 10.2. The maximum Gasteiger partial charge on any atom is 0.131 e. The first-order valence-electron chi connectivity index (χ1n) is 9.80. The van der Waals surface area contributed by atoms with Crippen LogP contribution in [0, 0.1) is 22.0 Å². The summed E-state index contributed by atoms with van der Waals surface area (Å²) >= 11 is 7.74. The van der Waals surface area contributed by atoms with Gasteiger partial charge in [0.05, 0.1) is 10.1 Å². The summed E-state index contributed by atoms with van der Waals surface area (Å²) in [6.07, 6.45) is 3.97.